The molecule has 1 aromatic carbocycles. The van der Waals surface area contributed by atoms with Crippen LogP contribution in [0.3, 0.4) is 0 Å². The summed E-state index contributed by atoms with van der Waals surface area (Å²) >= 11 is 7.00. The third-order valence-electron chi connectivity index (χ3n) is 3.18. The van der Waals surface area contributed by atoms with E-state index in [1.54, 1.807) is 0 Å². The van der Waals surface area contributed by atoms with Crippen molar-refractivity contribution in [3.05, 3.63) is 45.6 Å². The summed E-state index contributed by atoms with van der Waals surface area (Å²) in [5.74, 6) is 1.64. The number of nitrogens with zero attached hydrogens (tertiary/aromatic N) is 2. The summed E-state index contributed by atoms with van der Waals surface area (Å²) in [5.41, 5.74) is 8.06. The van der Waals surface area contributed by atoms with Crippen molar-refractivity contribution in [1.29, 1.82) is 0 Å². The molecular weight excluding hydrogens is 394 g/mol. The van der Waals surface area contributed by atoms with Gasteiger partial charge in [0.1, 0.15) is 17.3 Å². The quantitative estimate of drug-likeness (QED) is 0.709. The minimum atomic E-state index is -0.0814. The minimum absolute atomic E-state index is 0.0814. The first-order valence-corrected chi connectivity index (χ1v) is 8.27. The predicted octanol–water partition coefficient (Wildman–Crippen LogP) is 5.14. The normalized spacial score (nSPS) is 11.7. The first kappa shape index (κ1) is 16.3. The number of nitrogen functional groups attached to an aromatic ring is 1. The average Bonchev–Trinajstić information content (AvgIpc) is 2.71. The summed E-state index contributed by atoms with van der Waals surface area (Å²) in [6.45, 7) is 10.9. The molecule has 5 heteroatoms. The summed E-state index contributed by atoms with van der Waals surface area (Å²) in [7, 11) is 0. The second-order valence-corrected chi connectivity index (χ2v) is 7.66. The first-order valence-electron chi connectivity index (χ1n) is 6.68. The van der Waals surface area contributed by atoms with E-state index in [2.05, 4.69) is 59.2 Å². The highest BCUT2D eigenvalue weighted by Gasteiger charge is 2.25. The molecule has 0 unspecified atom stereocenters. The van der Waals surface area contributed by atoms with Gasteiger partial charge in [0.15, 0.2) is 0 Å². The summed E-state index contributed by atoms with van der Waals surface area (Å²) in [6, 6.07) is 6.02. The van der Waals surface area contributed by atoms with Crippen LogP contribution in [0, 0.1) is 0 Å². The number of anilines is 1. The van der Waals surface area contributed by atoms with E-state index in [-0.39, 0.29) is 5.41 Å². The van der Waals surface area contributed by atoms with Gasteiger partial charge in [-0.05, 0) is 44.0 Å². The van der Waals surface area contributed by atoms with E-state index in [0.29, 0.717) is 12.4 Å². The number of imidazole rings is 1. The average molecular weight is 413 g/mol. The first-order chi connectivity index (χ1) is 9.75. The molecule has 0 saturated heterocycles. The molecule has 1 aromatic heterocycles. The number of hydrogen-bond acceptors (Lipinski definition) is 2. The smallest absolute Gasteiger partial charge is 0.132 e. The molecule has 0 fully saturated rings. The number of hydrogen-bond donors (Lipinski definition) is 1. The van der Waals surface area contributed by atoms with Crippen molar-refractivity contribution in [3.63, 3.8) is 0 Å². The zero-order chi connectivity index (χ0) is 15.8. The Morgan fingerprint density at radius 3 is 2.48 bits per heavy atom. The third kappa shape index (κ3) is 3.24. The molecule has 0 aliphatic carbocycles. The highest BCUT2D eigenvalue weighted by molar-refractivity contribution is 9.13. The monoisotopic (exact) mass is 411 g/mol. The van der Waals surface area contributed by atoms with Crippen molar-refractivity contribution in [3.8, 4) is 11.3 Å². The van der Waals surface area contributed by atoms with Gasteiger partial charge in [-0.15, -0.1) is 6.58 Å². The standard InChI is InChI=1S/C16H19Br2N3/c1-5-8-21-14(19)13(20-15(21)16(2,3)4)10-6-7-11(17)12(18)9-10/h5-7,9H,1,8,19H2,2-4H3. The number of benzene rings is 1. The molecule has 0 amide bonds. The summed E-state index contributed by atoms with van der Waals surface area (Å²) < 4.78 is 4.01. The zero-order valence-electron chi connectivity index (χ0n) is 12.5. The molecule has 2 aromatic rings. The van der Waals surface area contributed by atoms with Crippen LogP contribution in [0.15, 0.2) is 39.8 Å². The Labute approximate surface area is 142 Å². The molecule has 0 aliphatic heterocycles. The molecule has 112 valence electrons. The van der Waals surface area contributed by atoms with E-state index in [1.807, 2.05) is 28.8 Å². The van der Waals surface area contributed by atoms with Gasteiger partial charge in [-0.25, -0.2) is 4.98 Å². The van der Waals surface area contributed by atoms with E-state index in [1.165, 1.54) is 0 Å². The lowest BCUT2D eigenvalue weighted by Gasteiger charge is -2.19. The Bertz CT molecular complexity index is 682. The Morgan fingerprint density at radius 1 is 1.29 bits per heavy atom. The highest BCUT2D eigenvalue weighted by atomic mass is 79.9. The van der Waals surface area contributed by atoms with Crippen LogP contribution in [0.5, 0.6) is 0 Å². The van der Waals surface area contributed by atoms with Crippen LogP contribution in [0.25, 0.3) is 11.3 Å². The van der Waals surface area contributed by atoms with E-state index in [9.17, 15) is 0 Å². The lowest BCUT2D eigenvalue weighted by Crippen LogP contribution is -2.19. The van der Waals surface area contributed by atoms with E-state index in [4.69, 9.17) is 10.7 Å². The Hall–Kier alpha value is -1.07. The molecule has 0 atom stereocenters. The van der Waals surface area contributed by atoms with Crippen LogP contribution in [0.4, 0.5) is 5.82 Å². The molecule has 3 nitrogen and oxygen atoms in total. The van der Waals surface area contributed by atoms with Crippen molar-refractivity contribution in [2.75, 3.05) is 5.73 Å². The lowest BCUT2D eigenvalue weighted by molar-refractivity contribution is 0.515. The van der Waals surface area contributed by atoms with Crippen molar-refractivity contribution < 1.29 is 0 Å². The number of allylic oxidation sites excluding steroid dienone is 1. The molecule has 0 bridgehead atoms. The maximum atomic E-state index is 6.33. The second kappa shape index (κ2) is 5.97. The topological polar surface area (TPSA) is 43.8 Å². The molecule has 0 aliphatic rings. The van der Waals surface area contributed by atoms with E-state index < -0.39 is 0 Å². The van der Waals surface area contributed by atoms with Gasteiger partial charge in [-0.2, -0.15) is 0 Å². The van der Waals surface area contributed by atoms with Gasteiger partial charge >= 0.3 is 0 Å². The maximum Gasteiger partial charge on any atom is 0.132 e. The van der Waals surface area contributed by atoms with Crippen LogP contribution in [-0.2, 0) is 12.0 Å². The molecule has 0 saturated carbocycles. The fourth-order valence-electron chi connectivity index (χ4n) is 2.21. The number of halogens is 2. The van der Waals surface area contributed by atoms with Gasteiger partial charge in [-0.3, -0.25) is 0 Å². The van der Waals surface area contributed by atoms with Gasteiger partial charge in [0.05, 0.1) is 0 Å². The fraction of sp³-hybridized carbons (Fsp3) is 0.312. The number of aromatic nitrogens is 2. The van der Waals surface area contributed by atoms with Gasteiger partial charge < -0.3 is 10.3 Å². The van der Waals surface area contributed by atoms with Crippen LogP contribution < -0.4 is 5.73 Å². The molecule has 21 heavy (non-hydrogen) atoms. The SMILES string of the molecule is C=CCn1c(C(C)(C)C)nc(-c2ccc(Br)c(Br)c2)c1N. The zero-order valence-corrected chi connectivity index (χ0v) is 15.6. The van der Waals surface area contributed by atoms with Crippen molar-refractivity contribution in [1.82, 2.24) is 9.55 Å². The Balaban J connectivity index is 2.64. The van der Waals surface area contributed by atoms with Gasteiger partial charge in [0.25, 0.3) is 0 Å². The predicted molar refractivity (Wildman–Crippen MR) is 96.4 cm³/mol. The molecule has 2 rings (SSSR count). The van der Waals surface area contributed by atoms with Crippen molar-refractivity contribution in [2.24, 2.45) is 0 Å². The molecule has 0 radical (unpaired) electrons. The van der Waals surface area contributed by atoms with E-state index in [0.717, 1.165) is 26.0 Å². The minimum Gasteiger partial charge on any atom is -0.383 e. The summed E-state index contributed by atoms with van der Waals surface area (Å²) in [6.07, 6.45) is 1.84. The van der Waals surface area contributed by atoms with Gasteiger partial charge in [0, 0.05) is 26.5 Å². The van der Waals surface area contributed by atoms with Crippen LogP contribution >= 0.6 is 31.9 Å². The molecule has 1 heterocycles. The van der Waals surface area contributed by atoms with Gasteiger partial charge in [0.2, 0.25) is 0 Å². The van der Waals surface area contributed by atoms with Crippen LogP contribution in [-0.4, -0.2) is 9.55 Å². The van der Waals surface area contributed by atoms with Crippen molar-refractivity contribution in [2.45, 2.75) is 32.7 Å². The highest BCUT2D eigenvalue weighted by Crippen LogP contribution is 2.34. The second-order valence-electron chi connectivity index (χ2n) is 5.95. The van der Waals surface area contributed by atoms with Crippen LogP contribution in [0.1, 0.15) is 26.6 Å². The Kier molecular flexibility index (Phi) is 4.63. The summed E-state index contributed by atoms with van der Waals surface area (Å²) in [5, 5.41) is 0. The molecular formula is C16H19Br2N3. The maximum absolute atomic E-state index is 6.33. The Morgan fingerprint density at radius 2 is 1.95 bits per heavy atom. The van der Waals surface area contributed by atoms with E-state index >= 15 is 0 Å². The lowest BCUT2D eigenvalue weighted by atomic mass is 9.95. The molecule has 0 spiro atoms. The third-order valence-corrected chi connectivity index (χ3v) is 5.06. The number of nitrogens with two attached hydrogens (primary N) is 1. The number of rotatable bonds is 3. The summed E-state index contributed by atoms with van der Waals surface area (Å²) in [4.78, 5) is 4.79. The molecule has 2 N–H and O–H groups in total. The fourth-order valence-corrected chi connectivity index (χ4v) is 2.83. The van der Waals surface area contributed by atoms with Gasteiger partial charge in [-0.1, -0.05) is 32.9 Å². The largest absolute Gasteiger partial charge is 0.383 e. The van der Waals surface area contributed by atoms with Crippen LogP contribution in [0.2, 0.25) is 0 Å². The van der Waals surface area contributed by atoms with Crippen molar-refractivity contribution >= 4 is 37.7 Å².